The first-order valence-electron chi connectivity index (χ1n) is 6.17. The molecule has 0 aliphatic rings. The van der Waals surface area contributed by atoms with Crippen LogP contribution < -0.4 is 11.1 Å². The van der Waals surface area contributed by atoms with E-state index in [-0.39, 0.29) is 5.91 Å². The molecule has 0 fully saturated rings. The number of aliphatic carboxylic acids is 1. The monoisotopic (exact) mass is 244 g/mol. The van der Waals surface area contributed by atoms with Crippen LogP contribution in [0, 0.1) is 5.92 Å². The number of carboxylic acids is 1. The maximum Gasteiger partial charge on any atom is 0.326 e. The molecule has 17 heavy (non-hydrogen) atoms. The minimum Gasteiger partial charge on any atom is -0.480 e. The lowest BCUT2D eigenvalue weighted by Crippen LogP contribution is -2.48. The van der Waals surface area contributed by atoms with E-state index in [4.69, 9.17) is 10.8 Å². The Morgan fingerprint density at radius 3 is 2.35 bits per heavy atom. The van der Waals surface area contributed by atoms with Crippen LogP contribution in [0.3, 0.4) is 0 Å². The van der Waals surface area contributed by atoms with Crippen molar-refractivity contribution in [1.29, 1.82) is 0 Å². The Kier molecular flexibility index (Phi) is 7.54. The normalized spacial score (nSPS) is 14.4. The molecule has 0 saturated carbocycles. The van der Waals surface area contributed by atoms with Crippen molar-refractivity contribution in [3.8, 4) is 0 Å². The van der Waals surface area contributed by atoms with Crippen molar-refractivity contribution >= 4 is 11.9 Å². The molecule has 0 aliphatic carbocycles. The quantitative estimate of drug-likeness (QED) is 0.596. The smallest absolute Gasteiger partial charge is 0.326 e. The summed E-state index contributed by atoms with van der Waals surface area (Å²) in [5.41, 5.74) is 5.69. The van der Waals surface area contributed by atoms with Gasteiger partial charge in [-0.3, -0.25) is 4.79 Å². The van der Waals surface area contributed by atoms with Crippen molar-refractivity contribution in [2.45, 2.75) is 58.5 Å². The second-order valence-corrected chi connectivity index (χ2v) is 4.78. The van der Waals surface area contributed by atoms with Crippen molar-refractivity contribution in [2.75, 3.05) is 0 Å². The lowest BCUT2D eigenvalue weighted by atomic mass is 10.0. The van der Waals surface area contributed by atoms with E-state index in [9.17, 15) is 9.59 Å². The van der Waals surface area contributed by atoms with Gasteiger partial charge in [0.1, 0.15) is 6.04 Å². The summed E-state index contributed by atoms with van der Waals surface area (Å²) < 4.78 is 0. The number of carboxylic acid groups (broad SMARTS) is 1. The van der Waals surface area contributed by atoms with Gasteiger partial charge in [0.2, 0.25) is 5.91 Å². The van der Waals surface area contributed by atoms with E-state index >= 15 is 0 Å². The summed E-state index contributed by atoms with van der Waals surface area (Å²) in [6.45, 7) is 5.92. The van der Waals surface area contributed by atoms with Gasteiger partial charge in [0.15, 0.2) is 0 Å². The number of rotatable bonds is 8. The Balaban J connectivity index is 4.24. The predicted molar refractivity (Wildman–Crippen MR) is 66.5 cm³/mol. The Morgan fingerprint density at radius 2 is 1.94 bits per heavy atom. The highest BCUT2D eigenvalue weighted by molar-refractivity contribution is 5.86. The molecular formula is C12H24N2O3. The summed E-state index contributed by atoms with van der Waals surface area (Å²) in [6, 6.07) is -1.45. The van der Waals surface area contributed by atoms with E-state index < -0.39 is 18.1 Å². The molecule has 5 nitrogen and oxygen atoms in total. The van der Waals surface area contributed by atoms with Crippen LogP contribution in [-0.2, 0) is 9.59 Å². The standard InChI is InChI=1S/C12H24N2O3/c1-4-5-6-10(12(16)17)14-11(15)9(13)7-8(2)3/h8-10H,4-7,13H2,1-3H3,(H,14,15)(H,16,17)/t9-,10-/m0/s1. The van der Waals surface area contributed by atoms with E-state index in [0.717, 1.165) is 12.8 Å². The van der Waals surface area contributed by atoms with E-state index in [1.807, 2.05) is 20.8 Å². The number of hydrogen-bond donors (Lipinski definition) is 3. The summed E-state index contributed by atoms with van der Waals surface area (Å²) >= 11 is 0. The van der Waals surface area contributed by atoms with Gasteiger partial charge in [0.05, 0.1) is 6.04 Å². The van der Waals surface area contributed by atoms with Gasteiger partial charge in [0, 0.05) is 0 Å². The van der Waals surface area contributed by atoms with Crippen molar-refractivity contribution < 1.29 is 14.7 Å². The molecule has 0 heterocycles. The topological polar surface area (TPSA) is 92.4 Å². The van der Waals surface area contributed by atoms with Gasteiger partial charge in [0.25, 0.3) is 0 Å². The summed E-state index contributed by atoms with van der Waals surface area (Å²) in [5, 5.41) is 11.4. The average molecular weight is 244 g/mol. The highest BCUT2D eigenvalue weighted by Gasteiger charge is 2.22. The highest BCUT2D eigenvalue weighted by Crippen LogP contribution is 2.05. The van der Waals surface area contributed by atoms with Crippen molar-refractivity contribution in [3.05, 3.63) is 0 Å². The highest BCUT2D eigenvalue weighted by atomic mass is 16.4. The van der Waals surface area contributed by atoms with Crippen LogP contribution >= 0.6 is 0 Å². The Labute approximate surface area is 103 Å². The molecule has 1 amide bonds. The van der Waals surface area contributed by atoms with E-state index in [0.29, 0.717) is 18.8 Å². The van der Waals surface area contributed by atoms with Gasteiger partial charge in [-0.05, 0) is 18.8 Å². The van der Waals surface area contributed by atoms with E-state index in [2.05, 4.69) is 5.32 Å². The largest absolute Gasteiger partial charge is 0.480 e. The maximum atomic E-state index is 11.7. The van der Waals surface area contributed by atoms with Crippen LogP contribution in [0.4, 0.5) is 0 Å². The first-order chi connectivity index (χ1) is 7.88. The summed E-state index contributed by atoms with van der Waals surface area (Å²) in [4.78, 5) is 22.6. The van der Waals surface area contributed by atoms with Crippen LogP contribution in [-0.4, -0.2) is 29.1 Å². The molecular weight excluding hydrogens is 220 g/mol. The molecule has 4 N–H and O–H groups in total. The van der Waals surface area contributed by atoms with Crippen molar-refractivity contribution in [3.63, 3.8) is 0 Å². The zero-order valence-corrected chi connectivity index (χ0v) is 10.9. The fraction of sp³-hybridized carbons (Fsp3) is 0.833. The van der Waals surface area contributed by atoms with Gasteiger partial charge >= 0.3 is 5.97 Å². The summed E-state index contributed by atoms with van der Waals surface area (Å²) in [5.74, 6) is -1.06. The molecule has 0 aromatic heterocycles. The first-order valence-corrected chi connectivity index (χ1v) is 6.17. The number of hydrogen-bond acceptors (Lipinski definition) is 3. The third kappa shape index (κ3) is 6.94. The molecule has 0 saturated heterocycles. The van der Waals surface area contributed by atoms with E-state index in [1.54, 1.807) is 0 Å². The fourth-order valence-corrected chi connectivity index (χ4v) is 1.56. The Bertz CT molecular complexity index is 254. The molecule has 0 aliphatic heterocycles. The minimum absolute atomic E-state index is 0.315. The molecule has 0 rings (SSSR count). The summed E-state index contributed by atoms with van der Waals surface area (Å²) in [6.07, 6.45) is 2.69. The van der Waals surface area contributed by atoms with E-state index in [1.165, 1.54) is 0 Å². The molecule has 0 unspecified atom stereocenters. The lowest BCUT2D eigenvalue weighted by Gasteiger charge is -2.18. The summed E-state index contributed by atoms with van der Waals surface area (Å²) in [7, 11) is 0. The molecule has 0 aromatic carbocycles. The fourth-order valence-electron chi connectivity index (χ4n) is 1.56. The third-order valence-corrected chi connectivity index (χ3v) is 2.52. The molecule has 0 aromatic rings. The SMILES string of the molecule is CCCC[C@H](NC(=O)[C@@H](N)CC(C)C)C(=O)O. The number of nitrogens with two attached hydrogens (primary N) is 1. The lowest BCUT2D eigenvalue weighted by molar-refractivity contribution is -0.142. The minimum atomic E-state index is -0.997. The number of carbonyl (C=O) groups is 2. The molecule has 5 heteroatoms. The number of amides is 1. The predicted octanol–water partition coefficient (Wildman–Crippen LogP) is 1.12. The van der Waals surface area contributed by atoms with Crippen LogP contribution in [0.15, 0.2) is 0 Å². The van der Waals surface area contributed by atoms with Crippen LogP contribution in [0.5, 0.6) is 0 Å². The Morgan fingerprint density at radius 1 is 1.35 bits per heavy atom. The van der Waals surface area contributed by atoms with Crippen molar-refractivity contribution in [2.24, 2.45) is 11.7 Å². The van der Waals surface area contributed by atoms with Crippen LogP contribution in [0.1, 0.15) is 46.5 Å². The maximum absolute atomic E-state index is 11.7. The first kappa shape index (κ1) is 15.9. The van der Waals surface area contributed by atoms with Crippen LogP contribution in [0.2, 0.25) is 0 Å². The van der Waals surface area contributed by atoms with Gasteiger partial charge in [-0.2, -0.15) is 0 Å². The van der Waals surface area contributed by atoms with Crippen molar-refractivity contribution in [1.82, 2.24) is 5.32 Å². The molecule has 0 spiro atoms. The number of nitrogens with one attached hydrogen (secondary N) is 1. The Hall–Kier alpha value is -1.10. The zero-order valence-electron chi connectivity index (χ0n) is 10.9. The molecule has 2 atom stereocenters. The zero-order chi connectivity index (χ0) is 13.4. The average Bonchev–Trinajstić information content (AvgIpc) is 2.22. The number of carbonyl (C=O) groups excluding carboxylic acids is 1. The van der Waals surface area contributed by atoms with Gasteiger partial charge in [-0.1, -0.05) is 33.6 Å². The second-order valence-electron chi connectivity index (χ2n) is 4.78. The second kappa shape index (κ2) is 8.06. The number of unbranched alkanes of at least 4 members (excludes halogenated alkanes) is 1. The molecule has 0 bridgehead atoms. The van der Waals surface area contributed by atoms with Gasteiger partial charge in [-0.25, -0.2) is 4.79 Å². The van der Waals surface area contributed by atoms with Crippen LogP contribution in [0.25, 0.3) is 0 Å². The third-order valence-electron chi connectivity index (χ3n) is 2.52. The molecule has 100 valence electrons. The molecule has 0 radical (unpaired) electrons. The van der Waals surface area contributed by atoms with Gasteiger partial charge < -0.3 is 16.2 Å². The van der Waals surface area contributed by atoms with Gasteiger partial charge in [-0.15, -0.1) is 0 Å².